The Bertz CT molecular complexity index is 620. The van der Waals surface area contributed by atoms with Gasteiger partial charge in [-0.15, -0.1) is 0 Å². The molecule has 9 heteroatoms. The first kappa shape index (κ1) is 20.5. The van der Waals surface area contributed by atoms with Crippen LogP contribution in [0.15, 0.2) is 0 Å². The molecule has 0 N–H and O–H groups in total. The van der Waals surface area contributed by atoms with Crippen LogP contribution in [0.1, 0.15) is 47.1 Å². The summed E-state index contributed by atoms with van der Waals surface area (Å²) in [5, 5.41) is 23.5. The van der Waals surface area contributed by atoms with Gasteiger partial charge in [0.05, 0.1) is 29.7 Å². The van der Waals surface area contributed by atoms with Crippen molar-refractivity contribution >= 4 is 11.4 Å². The fraction of sp³-hybridized carbons (Fsp3) is 0.625. The van der Waals surface area contributed by atoms with Gasteiger partial charge in [0.1, 0.15) is 5.56 Å². The molecular formula is C16H24N2O7. The Morgan fingerprint density at radius 1 is 0.760 bits per heavy atom. The van der Waals surface area contributed by atoms with E-state index in [2.05, 4.69) is 0 Å². The maximum absolute atomic E-state index is 11.8. The molecule has 25 heavy (non-hydrogen) atoms. The number of nitrogens with zero attached hydrogens (tertiary/aromatic N) is 2. The normalized spacial score (nSPS) is 11.1. The zero-order chi connectivity index (χ0) is 19.4. The van der Waals surface area contributed by atoms with Crippen LogP contribution in [0.5, 0.6) is 17.2 Å². The van der Waals surface area contributed by atoms with E-state index < -0.39 is 26.6 Å². The molecule has 0 unspecified atom stereocenters. The summed E-state index contributed by atoms with van der Waals surface area (Å²) in [5.74, 6) is -0.403. The predicted octanol–water partition coefficient (Wildman–Crippen LogP) is 4.00. The van der Waals surface area contributed by atoms with Gasteiger partial charge in [-0.25, -0.2) is 0 Å². The molecule has 0 amide bonds. The Hall–Kier alpha value is -2.58. The predicted molar refractivity (Wildman–Crippen MR) is 92.0 cm³/mol. The Kier molecular flexibility index (Phi) is 6.55. The van der Waals surface area contributed by atoms with Gasteiger partial charge in [-0.1, -0.05) is 20.8 Å². The van der Waals surface area contributed by atoms with Crippen LogP contribution in [0.2, 0.25) is 0 Å². The summed E-state index contributed by atoms with van der Waals surface area (Å²) >= 11 is 0. The van der Waals surface area contributed by atoms with Crippen molar-refractivity contribution in [3.05, 3.63) is 25.8 Å². The van der Waals surface area contributed by atoms with E-state index in [0.29, 0.717) is 0 Å². The molecule has 0 fully saturated rings. The molecule has 0 spiro atoms. The van der Waals surface area contributed by atoms with E-state index in [4.69, 9.17) is 14.2 Å². The first-order chi connectivity index (χ1) is 11.6. The second-order valence-electron chi connectivity index (χ2n) is 6.12. The van der Waals surface area contributed by atoms with Crippen LogP contribution in [0.4, 0.5) is 11.4 Å². The van der Waals surface area contributed by atoms with E-state index in [1.165, 1.54) is 0 Å². The van der Waals surface area contributed by atoms with E-state index in [1.54, 1.807) is 41.5 Å². The monoisotopic (exact) mass is 356 g/mol. The minimum atomic E-state index is -0.896. The molecule has 0 saturated heterocycles. The van der Waals surface area contributed by atoms with E-state index in [9.17, 15) is 20.2 Å². The van der Waals surface area contributed by atoms with Gasteiger partial charge >= 0.3 is 11.4 Å². The van der Waals surface area contributed by atoms with Gasteiger partial charge in [0.25, 0.3) is 0 Å². The standard InChI is InChI=1S/C16H24N2O7/c1-7-23-13-11(17(19)20)10(16(4,5)6)12(18(21)22)14(24-8-2)15(13)25-9-3/h7-9H2,1-6H3. The van der Waals surface area contributed by atoms with Crippen molar-refractivity contribution in [3.8, 4) is 17.2 Å². The molecular weight excluding hydrogens is 332 g/mol. The molecule has 1 aromatic rings. The lowest BCUT2D eigenvalue weighted by molar-refractivity contribution is -0.397. The molecule has 1 rings (SSSR count). The lowest BCUT2D eigenvalue weighted by Crippen LogP contribution is -2.19. The van der Waals surface area contributed by atoms with Gasteiger partial charge < -0.3 is 14.2 Å². The largest absolute Gasteiger partial charge is 0.486 e. The minimum Gasteiger partial charge on any atom is -0.486 e. The number of benzene rings is 1. The van der Waals surface area contributed by atoms with Gasteiger partial charge in [0.15, 0.2) is 0 Å². The first-order valence-electron chi connectivity index (χ1n) is 8.03. The van der Waals surface area contributed by atoms with E-state index in [-0.39, 0.29) is 42.6 Å². The third-order valence-electron chi connectivity index (χ3n) is 3.30. The number of hydrogen-bond acceptors (Lipinski definition) is 7. The summed E-state index contributed by atoms with van der Waals surface area (Å²) in [4.78, 5) is 22.2. The molecule has 0 bridgehead atoms. The van der Waals surface area contributed by atoms with Crippen molar-refractivity contribution in [2.75, 3.05) is 19.8 Å². The maximum Gasteiger partial charge on any atom is 0.325 e. The second kappa shape index (κ2) is 8.00. The number of nitro benzene ring substituents is 2. The minimum absolute atomic E-state index is 0.0575. The molecule has 0 aliphatic heterocycles. The molecule has 0 aliphatic rings. The van der Waals surface area contributed by atoms with Gasteiger partial charge in [-0.05, 0) is 20.8 Å². The number of nitro groups is 2. The van der Waals surface area contributed by atoms with Crippen LogP contribution in [-0.2, 0) is 5.41 Å². The van der Waals surface area contributed by atoms with Crippen LogP contribution in [-0.4, -0.2) is 29.7 Å². The average Bonchev–Trinajstić information content (AvgIpc) is 2.48. The summed E-state index contributed by atoms with van der Waals surface area (Å²) in [7, 11) is 0. The summed E-state index contributed by atoms with van der Waals surface area (Å²) in [6.45, 7) is 10.4. The molecule has 0 aliphatic carbocycles. The molecule has 140 valence electrons. The van der Waals surface area contributed by atoms with E-state index >= 15 is 0 Å². The van der Waals surface area contributed by atoms with Crippen molar-refractivity contribution in [1.82, 2.24) is 0 Å². The Morgan fingerprint density at radius 2 is 1.08 bits per heavy atom. The van der Waals surface area contributed by atoms with Gasteiger partial charge in [0, 0.05) is 5.41 Å². The van der Waals surface area contributed by atoms with Crippen LogP contribution in [0.3, 0.4) is 0 Å². The maximum atomic E-state index is 11.8. The highest BCUT2D eigenvalue weighted by Gasteiger charge is 2.44. The van der Waals surface area contributed by atoms with Crippen LogP contribution in [0, 0.1) is 20.2 Å². The van der Waals surface area contributed by atoms with Crippen LogP contribution in [0.25, 0.3) is 0 Å². The average molecular weight is 356 g/mol. The third kappa shape index (κ3) is 4.09. The van der Waals surface area contributed by atoms with Crippen LogP contribution >= 0.6 is 0 Å². The molecule has 0 atom stereocenters. The highest BCUT2D eigenvalue weighted by molar-refractivity contribution is 5.77. The smallest absolute Gasteiger partial charge is 0.325 e. The highest BCUT2D eigenvalue weighted by Crippen LogP contribution is 2.56. The van der Waals surface area contributed by atoms with E-state index in [0.717, 1.165) is 0 Å². The second-order valence-corrected chi connectivity index (χ2v) is 6.12. The van der Waals surface area contributed by atoms with Crippen LogP contribution < -0.4 is 14.2 Å². The van der Waals surface area contributed by atoms with Gasteiger partial charge in [0.2, 0.25) is 17.2 Å². The highest BCUT2D eigenvalue weighted by atomic mass is 16.6. The van der Waals surface area contributed by atoms with Crippen molar-refractivity contribution in [2.45, 2.75) is 47.0 Å². The first-order valence-corrected chi connectivity index (χ1v) is 8.03. The number of hydrogen-bond donors (Lipinski definition) is 0. The lowest BCUT2D eigenvalue weighted by Gasteiger charge is -2.23. The fourth-order valence-electron chi connectivity index (χ4n) is 2.55. The molecule has 1 aromatic carbocycles. The van der Waals surface area contributed by atoms with Gasteiger partial charge in [-0.2, -0.15) is 0 Å². The number of ether oxygens (including phenoxy) is 3. The number of rotatable bonds is 8. The molecule has 0 saturated carbocycles. The quantitative estimate of drug-likeness (QED) is 0.511. The molecule has 0 aromatic heterocycles. The Morgan fingerprint density at radius 3 is 1.32 bits per heavy atom. The molecule has 0 radical (unpaired) electrons. The van der Waals surface area contributed by atoms with Crippen molar-refractivity contribution in [3.63, 3.8) is 0 Å². The molecule has 0 heterocycles. The molecule has 9 nitrogen and oxygen atoms in total. The summed E-state index contributed by atoms with van der Waals surface area (Å²) in [6.07, 6.45) is 0. The fourth-order valence-corrected chi connectivity index (χ4v) is 2.55. The van der Waals surface area contributed by atoms with Crippen molar-refractivity contribution in [2.24, 2.45) is 0 Å². The van der Waals surface area contributed by atoms with Crippen molar-refractivity contribution in [1.29, 1.82) is 0 Å². The zero-order valence-corrected chi connectivity index (χ0v) is 15.4. The van der Waals surface area contributed by atoms with Crippen molar-refractivity contribution < 1.29 is 24.1 Å². The van der Waals surface area contributed by atoms with E-state index in [1.807, 2.05) is 0 Å². The third-order valence-corrected chi connectivity index (χ3v) is 3.30. The summed E-state index contributed by atoms with van der Waals surface area (Å²) < 4.78 is 16.4. The topological polar surface area (TPSA) is 114 Å². The SMILES string of the molecule is CCOc1c(OCC)c([N+](=O)[O-])c(C(C)(C)C)c([N+](=O)[O-])c1OCC. The Balaban J connectivity index is 4.16. The summed E-state index contributed by atoms with van der Waals surface area (Å²) in [5.41, 5.74) is -1.88. The zero-order valence-electron chi connectivity index (χ0n) is 15.4. The lowest BCUT2D eigenvalue weighted by atomic mass is 9.83. The Labute approximate surface area is 146 Å². The summed E-state index contributed by atoms with van der Waals surface area (Å²) in [6, 6.07) is 0. The van der Waals surface area contributed by atoms with Gasteiger partial charge in [-0.3, -0.25) is 20.2 Å².